The fourth-order valence-electron chi connectivity index (χ4n) is 2.02. The van der Waals surface area contributed by atoms with Gasteiger partial charge in [0.25, 0.3) is 0 Å². The van der Waals surface area contributed by atoms with Crippen LogP contribution in [-0.4, -0.2) is 7.05 Å². The third-order valence-corrected chi connectivity index (χ3v) is 3.70. The maximum atomic E-state index is 5.79. The number of halogens is 1. The van der Waals surface area contributed by atoms with Crippen LogP contribution in [0, 0.1) is 6.92 Å². The van der Waals surface area contributed by atoms with Gasteiger partial charge in [0, 0.05) is 29.4 Å². The Bertz CT molecular complexity index is 552. The van der Waals surface area contributed by atoms with Crippen LogP contribution in [0.3, 0.4) is 0 Å². The quantitative estimate of drug-likeness (QED) is 0.869. The number of benzene rings is 2. The van der Waals surface area contributed by atoms with E-state index in [1.54, 1.807) is 0 Å². The molecule has 0 radical (unpaired) electrons. The summed E-state index contributed by atoms with van der Waals surface area (Å²) < 4.78 is 0.957. The van der Waals surface area contributed by atoms with E-state index >= 15 is 0 Å². The van der Waals surface area contributed by atoms with Gasteiger partial charge in [0.1, 0.15) is 0 Å². The van der Waals surface area contributed by atoms with Gasteiger partial charge in [-0.15, -0.1) is 0 Å². The largest absolute Gasteiger partial charge is 0.398 e. The van der Waals surface area contributed by atoms with Crippen molar-refractivity contribution in [2.75, 3.05) is 17.7 Å². The first-order valence-corrected chi connectivity index (χ1v) is 6.68. The molecule has 0 amide bonds. The van der Waals surface area contributed by atoms with Gasteiger partial charge in [0.15, 0.2) is 0 Å². The fraction of sp³-hybridized carbons (Fsp3) is 0.200. The average Bonchev–Trinajstić information content (AvgIpc) is 2.34. The number of nitrogen functional groups attached to an aromatic ring is 1. The molecule has 0 aliphatic heterocycles. The number of anilines is 2. The maximum Gasteiger partial charge on any atom is 0.0458 e. The van der Waals surface area contributed by atoms with Gasteiger partial charge in [0.2, 0.25) is 0 Å². The molecule has 0 aliphatic rings. The van der Waals surface area contributed by atoms with Gasteiger partial charge in [-0.05, 0) is 52.2 Å². The summed E-state index contributed by atoms with van der Waals surface area (Å²) >= 11 is 3.46. The van der Waals surface area contributed by atoms with Gasteiger partial charge < -0.3 is 10.6 Å². The predicted octanol–water partition coefficient (Wildman–Crippen LogP) is 3.98. The summed E-state index contributed by atoms with van der Waals surface area (Å²) in [6.07, 6.45) is 0. The summed E-state index contributed by atoms with van der Waals surface area (Å²) in [5, 5.41) is 0. The monoisotopic (exact) mass is 304 g/mol. The van der Waals surface area contributed by atoms with Crippen LogP contribution in [0.15, 0.2) is 46.9 Å². The standard InChI is InChI=1S/C15H17BrN2/c1-11-5-3-4-6-15(11)18(2)10-12-7-8-14(17)13(16)9-12/h3-9H,10,17H2,1-2H3. The molecule has 0 aromatic heterocycles. The van der Waals surface area contributed by atoms with Crippen molar-refractivity contribution in [2.45, 2.75) is 13.5 Å². The van der Waals surface area contributed by atoms with Crippen molar-refractivity contribution in [2.24, 2.45) is 0 Å². The summed E-state index contributed by atoms with van der Waals surface area (Å²) in [5.41, 5.74) is 10.3. The lowest BCUT2D eigenvalue weighted by atomic mass is 10.1. The molecular weight excluding hydrogens is 288 g/mol. The second-order valence-corrected chi connectivity index (χ2v) is 5.35. The summed E-state index contributed by atoms with van der Waals surface area (Å²) in [6, 6.07) is 14.5. The van der Waals surface area contributed by atoms with Crippen molar-refractivity contribution in [1.82, 2.24) is 0 Å². The van der Waals surface area contributed by atoms with E-state index in [-0.39, 0.29) is 0 Å². The number of nitrogens with zero attached hydrogens (tertiary/aromatic N) is 1. The van der Waals surface area contributed by atoms with E-state index in [0.717, 1.165) is 16.7 Å². The minimum atomic E-state index is 0.775. The van der Waals surface area contributed by atoms with Crippen molar-refractivity contribution in [1.29, 1.82) is 0 Å². The third kappa shape index (κ3) is 2.85. The molecule has 2 aromatic carbocycles. The number of nitrogens with two attached hydrogens (primary N) is 1. The molecule has 0 aliphatic carbocycles. The molecule has 3 heteroatoms. The van der Waals surface area contributed by atoms with Crippen LogP contribution < -0.4 is 10.6 Å². The second-order valence-electron chi connectivity index (χ2n) is 4.50. The zero-order valence-corrected chi connectivity index (χ0v) is 12.2. The number of aryl methyl sites for hydroxylation is 1. The molecule has 0 saturated heterocycles. The van der Waals surface area contributed by atoms with Crippen LogP contribution >= 0.6 is 15.9 Å². The summed E-state index contributed by atoms with van der Waals surface area (Å²) in [4.78, 5) is 2.24. The topological polar surface area (TPSA) is 29.3 Å². The van der Waals surface area contributed by atoms with Gasteiger partial charge in [-0.3, -0.25) is 0 Å². The average molecular weight is 305 g/mol. The first-order valence-electron chi connectivity index (χ1n) is 5.88. The Morgan fingerprint density at radius 2 is 1.89 bits per heavy atom. The van der Waals surface area contributed by atoms with E-state index in [1.807, 2.05) is 6.07 Å². The molecule has 0 saturated carbocycles. The van der Waals surface area contributed by atoms with Gasteiger partial charge in [-0.2, -0.15) is 0 Å². The highest BCUT2D eigenvalue weighted by Crippen LogP contribution is 2.24. The molecule has 18 heavy (non-hydrogen) atoms. The highest BCUT2D eigenvalue weighted by atomic mass is 79.9. The Labute approximate surface area is 117 Å². The second kappa shape index (κ2) is 5.44. The maximum absolute atomic E-state index is 5.79. The van der Waals surface area contributed by atoms with Gasteiger partial charge in [-0.1, -0.05) is 24.3 Å². The molecule has 2 nitrogen and oxygen atoms in total. The molecule has 0 heterocycles. The van der Waals surface area contributed by atoms with Crippen molar-refractivity contribution in [3.8, 4) is 0 Å². The predicted molar refractivity (Wildman–Crippen MR) is 81.8 cm³/mol. The highest BCUT2D eigenvalue weighted by molar-refractivity contribution is 9.10. The van der Waals surface area contributed by atoms with Gasteiger partial charge >= 0.3 is 0 Å². The van der Waals surface area contributed by atoms with E-state index in [4.69, 9.17) is 5.73 Å². The Kier molecular flexibility index (Phi) is 3.92. The highest BCUT2D eigenvalue weighted by Gasteiger charge is 2.05. The Morgan fingerprint density at radius 3 is 2.56 bits per heavy atom. The van der Waals surface area contributed by atoms with Crippen molar-refractivity contribution >= 4 is 27.3 Å². The number of hydrogen-bond donors (Lipinski definition) is 1. The fourth-order valence-corrected chi connectivity index (χ4v) is 2.45. The smallest absolute Gasteiger partial charge is 0.0458 e. The number of rotatable bonds is 3. The SMILES string of the molecule is Cc1ccccc1N(C)Cc1ccc(N)c(Br)c1. The summed E-state index contributed by atoms with van der Waals surface area (Å²) in [6.45, 7) is 2.99. The van der Waals surface area contributed by atoms with Gasteiger partial charge in [0.05, 0.1) is 0 Å². The Balaban J connectivity index is 2.19. The minimum absolute atomic E-state index is 0.775. The van der Waals surface area contributed by atoms with Crippen LogP contribution in [0.4, 0.5) is 11.4 Å². The van der Waals surface area contributed by atoms with Crippen molar-refractivity contribution in [3.63, 3.8) is 0 Å². The van der Waals surface area contributed by atoms with E-state index in [9.17, 15) is 0 Å². The zero-order valence-electron chi connectivity index (χ0n) is 10.7. The molecule has 0 atom stereocenters. The van der Waals surface area contributed by atoms with Crippen LogP contribution in [-0.2, 0) is 6.54 Å². The first kappa shape index (κ1) is 13.0. The van der Waals surface area contributed by atoms with E-state index in [2.05, 4.69) is 71.2 Å². The zero-order chi connectivity index (χ0) is 13.1. The molecule has 2 aromatic rings. The van der Waals surface area contributed by atoms with Crippen molar-refractivity contribution in [3.05, 3.63) is 58.1 Å². The third-order valence-electron chi connectivity index (χ3n) is 3.01. The molecule has 0 unspecified atom stereocenters. The molecule has 0 spiro atoms. The lowest BCUT2D eigenvalue weighted by molar-refractivity contribution is 0.917. The normalized spacial score (nSPS) is 10.4. The van der Waals surface area contributed by atoms with Gasteiger partial charge in [-0.25, -0.2) is 0 Å². The Hall–Kier alpha value is -1.48. The molecular formula is C15H17BrN2. The molecule has 0 fully saturated rings. The molecule has 2 rings (SSSR count). The van der Waals surface area contributed by atoms with E-state index in [1.165, 1.54) is 16.8 Å². The minimum Gasteiger partial charge on any atom is -0.398 e. The molecule has 2 N–H and O–H groups in total. The van der Waals surface area contributed by atoms with E-state index in [0.29, 0.717) is 0 Å². The van der Waals surface area contributed by atoms with Crippen LogP contribution in [0.25, 0.3) is 0 Å². The van der Waals surface area contributed by atoms with Crippen LogP contribution in [0.1, 0.15) is 11.1 Å². The number of hydrogen-bond acceptors (Lipinski definition) is 2. The van der Waals surface area contributed by atoms with Crippen LogP contribution in [0.2, 0.25) is 0 Å². The molecule has 0 bridgehead atoms. The Morgan fingerprint density at radius 1 is 1.17 bits per heavy atom. The molecule has 94 valence electrons. The lowest BCUT2D eigenvalue weighted by Gasteiger charge is -2.21. The summed E-state index contributed by atoms with van der Waals surface area (Å²) in [7, 11) is 2.10. The van der Waals surface area contributed by atoms with Crippen molar-refractivity contribution < 1.29 is 0 Å². The number of para-hydroxylation sites is 1. The first-order chi connectivity index (χ1) is 8.58. The van der Waals surface area contributed by atoms with E-state index < -0.39 is 0 Å². The summed E-state index contributed by atoms with van der Waals surface area (Å²) in [5.74, 6) is 0. The lowest BCUT2D eigenvalue weighted by Crippen LogP contribution is -2.17. The van der Waals surface area contributed by atoms with Crippen LogP contribution in [0.5, 0.6) is 0 Å².